The molecule has 1 aliphatic carbocycles. The van der Waals surface area contributed by atoms with Crippen LogP contribution in [0.5, 0.6) is 0 Å². The summed E-state index contributed by atoms with van der Waals surface area (Å²) >= 11 is 0. The van der Waals surface area contributed by atoms with Crippen LogP contribution in [0.3, 0.4) is 0 Å². The average molecular weight is 512 g/mol. The lowest BCUT2D eigenvalue weighted by atomic mass is 10.1. The zero-order chi connectivity index (χ0) is 26.0. The fourth-order valence-electron chi connectivity index (χ4n) is 4.31. The summed E-state index contributed by atoms with van der Waals surface area (Å²) in [5, 5.41) is 2.30. The Morgan fingerprint density at radius 2 is 1.94 bits per heavy atom. The molecule has 1 saturated heterocycles. The molecule has 36 heavy (non-hydrogen) atoms. The smallest absolute Gasteiger partial charge is 0.337 e. The van der Waals surface area contributed by atoms with Crippen molar-refractivity contribution in [2.24, 2.45) is 5.92 Å². The highest BCUT2D eigenvalue weighted by molar-refractivity contribution is 5.81. The molecule has 4 rings (SSSR count). The van der Waals surface area contributed by atoms with Crippen LogP contribution < -0.4 is 10.3 Å². The zero-order valence-corrected chi connectivity index (χ0v) is 20.6. The third kappa shape index (κ3) is 6.06. The summed E-state index contributed by atoms with van der Waals surface area (Å²) in [5.41, 5.74) is 3.35. The van der Waals surface area contributed by atoms with Gasteiger partial charge < -0.3 is 9.80 Å². The first-order valence-corrected chi connectivity index (χ1v) is 12.2. The molecule has 0 spiro atoms. The van der Waals surface area contributed by atoms with E-state index in [0.29, 0.717) is 31.5 Å². The summed E-state index contributed by atoms with van der Waals surface area (Å²) in [4.78, 5) is 43.3. The first-order chi connectivity index (χ1) is 17.0. The van der Waals surface area contributed by atoms with Gasteiger partial charge in [-0.05, 0) is 51.2 Å². The molecule has 1 saturated carbocycles. The minimum absolute atomic E-state index is 0.00139. The van der Waals surface area contributed by atoms with Crippen molar-refractivity contribution >= 4 is 17.8 Å². The van der Waals surface area contributed by atoms with Gasteiger partial charge in [0.2, 0.25) is 11.9 Å². The monoisotopic (exact) mass is 511 g/mol. The number of anilines is 1. The third-order valence-electron chi connectivity index (χ3n) is 6.41. The van der Waals surface area contributed by atoms with Gasteiger partial charge >= 0.3 is 6.18 Å². The number of amides is 2. The lowest BCUT2D eigenvalue weighted by Gasteiger charge is -2.40. The van der Waals surface area contributed by atoms with E-state index in [1.54, 1.807) is 18.7 Å². The molecule has 0 bridgehead atoms. The Labute approximate surface area is 208 Å². The van der Waals surface area contributed by atoms with E-state index in [1.807, 2.05) is 19.3 Å². The van der Waals surface area contributed by atoms with Crippen LogP contribution in [-0.4, -0.2) is 81.5 Å². The van der Waals surface area contributed by atoms with E-state index in [2.05, 4.69) is 20.3 Å². The maximum Gasteiger partial charge on any atom is 0.404 e. The van der Waals surface area contributed by atoms with Crippen LogP contribution in [0.2, 0.25) is 0 Å². The molecule has 1 aromatic heterocycles. The Balaban J connectivity index is 1.26. The molecular formula is C23H32F3N7O3. The molecule has 0 aromatic carbocycles. The van der Waals surface area contributed by atoms with E-state index < -0.39 is 18.0 Å². The van der Waals surface area contributed by atoms with Crippen molar-refractivity contribution in [1.29, 1.82) is 0 Å². The summed E-state index contributed by atoms with van der Waals surface area (Å²) < 4.78 is 38.8. The highest BCUT2D eigenvalue weighted by atomic mass is 19.4. The van der Waals surface area contributed by atoms with E-state index in [-0.39, 0.29) is 31.0 Å². The van der Waals surface area contributed by atoms with Crippen LogP contribution in [0.15, 0.2) is 24.7 Å². The number of piperazine rings is 1. The third-order valence-corrected chi connectivity index (χ3v) is 6.41. The number of hydroxylamine groups is 1. The second kappa shape index (κ2) is 10.6. The van der Waals surface area contributed by atoms with Gasteiger partial charge in [-0.25, -0.2) is 9.97 Å². The average Bonchev–Trinajstić information content (AvgIpc) is 3.66. The number of alkyl halides is 3. The quantitative estimate of drug-likeness (QED) is 0.532. The number of nitrogens with one attached hydrogen (secondary N) is 1. The number of nitrogens with zero attached hydrogens (tertiary/aromatic N) is 6. The molecule has 2 atom stereocenters. The Bertz CT molecular complexity index is 969. The standard InChI is InChI=1S/C23H32F3N7O3/c1-15(2)33(32-8-6-19(21(35)29-32)23(24,25)26)36-11-7-20(34)31-10-9-30(14-16(31)3)22-27-12-18(13-28-22)17-4-5-17/h6,8,12-13,15-17,19H,4-5,7,9-11,14H2,1-3H3,(H,29,35)/t16-,19+/m1/s1. The van der Waals surface area contributed by atoms with E-state index in [9.17, 15) is 22.8 Å². The van der Waals surface area contributed by atoms with Crippen LogP contribution in [-0.2, 0) is 14.4 Å². The Hall–Kier alpha value is -2.93. The maximum absolute atomic E-state index is 12.9. The van der Waals surface area contributed by atoms with Crippen molar-refractivity contribution in [2.45, 2.75) is 64.2 Å². The van der Waals surface area contributed by atoms with Crippen LogP contribution in [0, 0.1) is 5.92 Å². The van der Waals surface area contributed by atoms with Gasteiger partial charge in [0.15, 0.2) is 5.92 Å². The topological polar surface area (TPSA) is 94.1 Å². The Morgan fingerprint density at radius 1 is 1.25 bits per heavy atom. The molecule has 198 valence electrons. The summed E-state index contributed by atoms with van der Waals surface area (Å²) in [6, 6.07) is -0.371. The van der Waals surface area contributed by atoms with Gasteiger partial charge in [-0.3, -0.25) is 19.9 Å². The number of aromatic nitrogens is 2. The second-order valence-electron chi connectivity index (χ2n) is 9.63. The summed E-state index contributed by atoms with van der Waals surface area (Å²) in [7, 11) is 0. The summed E-state index contributed by atoms with van der Waals surface area (Å²) in [6.07, 6.45) is 3.45. The fraction of sp³-hybridized carbons (Fsp3) is 0.652. The minimum atomic E-state index is -4.67. The predicted molar refractivity (Wildman–Crippen MR) is 124 cm³/mol. The van der Waals surface area contributed by atoms with Gasteiger partial charge in [0.05, 0.1) is 19.1 Å². The van der Waals surface area contributed by atoms with Crippen molar-refractivity contribution in [3.8, 4) is 0 Å². The van der Waals surface area contributed by atoms with Gasteiger partial charge in [0, 0.05) is 44.3 Å². The highest BCUT2D eigenvalue weighted by Gasteiger charge is 2.45. The molecule has 13 heteroatoms. The number of rotatable bonds is 8. The Kier molecular flexibility index (Phi) is 7.69. The van der Waals surface area contributed by atoms with E-state index in [1.165, 1.54) is 23.6 Å². The normalized spacial score (nSPS) is 23.0. The predicted octanol–water partition coefficient (Wildman–Crippen LogP) is 2.38. The van der Waals surface area contributed by atoms with Crippen LogP contribution in [0.25, 0.3) is 0 Å². The molecule has 2 amide bonds. The van der Waals surface area contributed by atoms with Crippen molar-refractivity contribution in [3.05, 3.63) is 30.2 Å². The van der Waals surface area contributed by atoms with Crippen molar-refractivity contribution in [1.82, 2.24) is 30.6 Å². The lowest BCUT2D eigenvalue weighted by molar-refractivity contribution is -0.302. The van der Waals surface area contributed by atoms with Crippen LogP contribution >= 0.6 is 0 Å². The molecule has 2 fully saturated rings. The first-order valence-electron chi connectivity index (χ1n) is 12.2. The molecule has 2 aliphatic heterocycles. The van der Waals surface area contributed by atoms with Gasteiger partial charge in [0.25, 0.3) is 5.91 Å². The molecule has 1 N–H and O–H groups in total. The number of hydrogen-bond acceptors (Lipinski definition) is 8. The molecule has 0 radical (unpaired) electrons. The zero-order valence-electron chi connectivity index (χ0n) is 20.6. The molecule has 0 unspecified atom stereocenters. The van der Waals surface area contributed by atoms with Crippen LogP contribution in [0.1, 0.15) is 51.5 Å². The first kappa shape index (κ1) is 26.1. The van der Waals surface area contributed by atoms with Crippen LogP contribution in [0.4, 0.5) is 19.1 Å². The highest BCUT2D eigenvalue weighted by Crippen LogP contribution is 2.39. The van der Waals surface area contributed by atoms with Crippen molar-refractivity contribution < 1.29 is 27.6 Å². The summed E-state index contributed by atoms with van der Waals surface area (Å²) in [6.45, 7) is 7.21. The van der Waals surface area contributed by atoms with Gasteiger partial charge in [-0.2, -0.15) is 18.3 Å². The van der Waals surface area contributed by atoms with Crippen molar-refractivity contribution in [2.75, 3.05) is 31.1 Å². The van der Waals surface area contributed by atoms with Gasteiger partial charge in [0.1, 0.15) is 0 Å². The van der Waals surface area contributed by atoms with Crippen molar-refractivity contribution in [3.63, 3.8) is 0 Å². The molecular weight excluding hydrogens is 479 g/mol. The second-order valence-corrected chi connectivity index (χ2v) is 9.63. The van der Waals surface area contributed by atoms with Gasteiger partial charge in [-0.15, -0.1) is 0 Å². The van der Waals surface area contributed by atoms with E-state index in [4.69, 9.17) is 4.84 Å². The van der Waals surface area contributed by atoms with E-state index >= 15 is 0 Å². The largest absolute Gasteiger partial charge is 0.404 e. The van der Waals surface area contributed by atoms with Gasteiger partial charge in [-0.1, -0.05) is 5.17 Å². The maximum atomic E-state index is 12.9. The fourth-order valence-corrected chi connectivity index (χ4v) is 4.31. The number of hydrazine groups is 2. The Morgan fingerprint density at radius 3 is 2.50 bits per heavy atom. The van der Waals surface area contributed by atoms with E-state index in [0.717, 1.165) is 17.4 Å². The molecule has 3 aliphatic rings. The number of carbonyl (C=O) groups is 2. The molecule has 3 heterocycles. The summed E-state index contributed by atoms with van der Waals surface area (Å²) in [5.74, 6) is -2.25. The minimum Gasteiger partial charge on any atom is -0.337 e. The number of halogens is 3. The molecule has 10 nitrogen and oxygen atoms in total. The number of hydrogen-bond donors (Lipinski definition) is 1. The molecule has 1 aromatic rings. The SMILES string of the molecule is CC(C)N(OCCC(=O)N1CCN(c2ncc(C3CC3)cn2)C[C@H]1C)N1C=C[C@H](C(F)(F)F)C(=O)N1. The number of carbonyl (C=O) groups excluding carboxylic acids is 2. The lowest BCUT2D eigenvalue weighted by Crippen LogP contribution is -2.57.